The van der Waals surface area contributed by atoms with E-state index >= 15 is 0 Å². The van der Waals surface area contributed by atoms with Crippen molar-refractivity contribution in [2.75, 3.05) is 0 Å². The first-order chi connectivity index (χ1) is 9.31. The average molecular weight is 269 g/mol. The quantitative estimate of drug-likeness (QED) is 0.428. The zero-order chi connectivity index (χ0) is 14.2. The second kappa shape index (κ2) is 15.7. The summed E-state index contributed by atoms with van der Waals surface area (Å²) in [6.07, 6.45) is 18.2. The van der Waals surface area contributed by atoms with Crippen LogP contribution in [0.5, 0.6) is 0 Å². The fourth-order valence-electron chi connectivity index (χ4n) is 2.42. The van der Waals surface area contributed by atoms with Gasteiger partial charge in [-0.05, 0) is 6.42 Å². The van der Waals surface area contributed by atoms with Crippen molar-refractivity contribution in [2.45, 2.75) is 103 Å². The van der Waals surface area contributed by atoms with Crippen LogP contribution in [0.15, 0.2) is 0 Å². The predicted molar refractivity (Wildman–Crippen MR) is 82.0 cm³/mol. The highest BCUT2D eigenvalue weighted by atomic mass is 16.3. The minimum absolute atomic E-state index is 0.179. The molecular weight excluding hydrogens is 236 g/mol. The summed E-state index contributed by atoms with van der Waals surface area (Å²) in [6, 6.07) is 0. The van der Waals surface area contributed by atoms with Gasteiger partial charge >= 0.3 is 0 Å². The van der Waals surface area contributed by atoms with Gasteiger partial charge in [0, 0.05) is 6.42 Å². The summed E-state index contributed by atoms with van der Waals surface area (Å²) in [4.78, 5) is 10.0. The van der Waals surface area contributed by atoms with Crippen molar-refractivity contribution in [3.63, 3.8) is 0 Å². The Hall–Kier alpha value is -0.370. The fraction of sp³-hybridized carbons (Fsp3) is 0.941. The SMILES string of the molecule is CCCCCCCCCCCCCCC(O)C[C]=O. The minimum atomic E-state index is -0.458. The summed E-state index contributed by atoms with van der Waals surface area (Å²) < 4.78 is 0. The van der Waals surface area contributed by atoms with E-state index in [-0.39, 0.29) is 6.42 Å². The number of aliphatic hydroxyl groups excluding tert-OH is 1. The molecule has 0 aliphatic heterocycles. The number of rotatable bonds is 15. The van der Waals surface area contributed by atoms with Gasteiger partial charge in [-0.3, -0.25) is 4.79 Å². The third-order valence-corrected chi connectivity index (χ3v) is 3.71. The molecule has 0 bridgehead atoms. The molecule has 2 heteroatoms. The van der Waals surface area contributed by atoms with Crippen molar-refractivity contribution in [3.8, 4) is 0 Å². The smallest absolute Gasteiger partial charge is 0.201 e. The molecule has 0 amide bonds. The Morgan fingerprint density at radius 1 is 0.789 bits per heavy atom. The van der Waals surface area contributed by atoms with Crippen molar-refractivity contribution in [1.29, 1.82) is 0 Å². The Kier molecular flexibility index (Phi) is 15.4. The second-order valence-electron chi connectivity index (χ2n) is 5.68. The van der Waals surface area contributed by atoms with E-state index < -0.39 is 6.10 Å². The van der Waals surface area contributed by atoms with Gasteiger partial charge in [-0.15, -0.1) is 0 Å². The molecule has 0 rings (SSSR count). The lowest BCUT2D eigenvalue weighted by molar-refractivity contribution is 0.167. The normalized spacial score (nSPS) is 12.5. The van der Waals surface area contributed by atoms with Crippen molar-refractivity contribution >= 4 is 6.29 Å². The van der Waals surface area contributed by atoms with Gasteiger partial charge in [0.05, 0.1) is 6.10 Å². The maximum absolute atomic E-state index is 10.0. The highest BCUT2D eigenvalue weighted by Crippen LogP contribution is 2.13. The lowest BCUT2D eigenvalue weighted by atomic mass is 10.0. The topological polar surface area (TPSA) is 37.3 Å². The van der Waals surface area contributed by atoms with E-state index in [1.165, 1.54) is 70.6 Å². The summed E-state index contributed by atoms with van der Waals surface area (Å²) in [6.45, 7) is 2.26. The zero-order valence-corrected chi connectivity index (χ0v) is 12.8. The third-order valence-electron chi connectivity index (χ3n) is 3.71. The molecule has 1 N–H and O–H groups in total. The number of unbranched alkanes of at least 4 members (excludes halogenated alkanes) is 11. The van der Waals surface area contributed by atoms with Gasteiger partial charge in [-0.25, -0.2) is 0 Å². The number of hydrogen-bond acceptors (Lipinski definition) is 2. The van der Waals surface area contributed by atoms with Gasteiger partial charge in [0.1, 0.15) is 0 Å². The maximum atomic E-state index is 10.0. The summed E-state index contributed by atoms with van der Waals surface area (Å²) >= 11 is 0. The van der Waals surface area contributed by atoms with E-state index in [1.807, 2.05) is 0 Å². The summed E-state index contributed by atoms with van der Waals surface area (Å²) in [5.41, 5.74) is 0. The molecule has 0 fully saturated rings. The van der Waals surface area contributed by atoms with E-state index in [2.05, 4.69) is 6.92 Å². The minimum Gasteiger partial charge on any atom is -0.393 e. The van der Waals surface area contributed by atoms with Crippen molar-refractivity contribution in [2.24, 2.45) is 0 Å². The number of aliphatic hydroxyl groups is 1. The molecular formula is C17H33O2. The van der Waals surface area contributed by atoms with Crippen LogP contribution in [0.2, 0.25) is 0 Å². The molecule has 19 heavy (non-hydrogen) atoms. The largest absolute Gasteiger partial charge is 0.393 e. The Balaban J connectivity index is 3.00. The molecule has 0 aliphatic carbocycles. The van der Waals surface area contributed by atoms with Gasteiger partial charge < -0.3 is 5.11 Å². The molecule has 0 saturated carbocycles. The number of hydrogen-bond donors (Lipinski definition) is 1. The summed E-state index contributed by atoms with van der Waals surface area (Å²) in [5.74, 6) is 0. The molecule has 0 aromatic carbocycles. The van der Waals surface area contributed by atoms with E-state index in [9.17, 15) is 9.90 Å². The zero-order valence-electron chi connectivity index (χ0n) is 12.8. The number of carbonyl (C=O) groups excluding carboxylic acids is 1. The van der Waals surface area contributed by atoms with Gasteiger partial charge in [0.2, 0.25) is 6.29 Å². The molecule has 1 atom stereocenters. The molecule has 0 spiro atoms. The van der Waals surface area contributed by atoms with E-state index in [4.69, 9.17) is 0 Å². The van der Waals surface area contributed by atoms with Crippen LogP contribution in [0.3, 0.4) is 0 Å². The van der Waals surface area contributed by atoms with Crippen molar-refractivity contribution in [1.82, 2.24) is 0 Å². The summed E-state index contributed by atoms with van der Waals surface area (Å²) in [5, 5.41) is 9.35. The summed E-state index contributed by atoms with van der Waals surface area (Å²) in [7, 11) is 0. The molecule has 2 nitrogen and oxygen atoms in total. The standard InChI is InChI=1S/C17H33O2/c1-2-3-4-5-6-7-8-9-10-11-12-13-14-17(19)15-16-18/h17,19H,2-15H2,1H3. The van der Waals surface area contributed by atoms with Crippen LogP contribution in [0.25, 0.3) is 0 Å². The maximum Gasteiger partial charge on any atom is 0.201 e. The van der Waals surface area contributed by atoms with Crippen LogP contribution < -0.4 is 0 Å². The van der Waals surface area contributed by atoms with E-state index in [1.54, 1.807) is 6.29 Å². The van der Waals surface area contributed by atoms with Crippen LogP contribution in [0.1, 0.15) is 96.8 Å². The molecule has 0 aromatic heterocycles. The molecule has 1 unspecified atom stereocenters. The molecule has 0 saturated heterocycles. The van der Waals surface area contributed by atoms with Gasteiger partial charge in [-0.2, -0.15) is 0 Å². The highest BCUT2D eigenvalue weighted by molar-refractivity contribution is 5.51. The first-order valence-electron chi connectivity index (χ1n) is 8.34. The Morgan fingerprint density at radius 2 is 1.21 bits per heavy atom. The monoisotopic (exact) mass is 269 g/mol. The molecule has 0 aromatic rings. The van der Waals surface area contributed by atoms with Gasteiger partial charge in [-0.1, -0.05) is 84.0 Å². The average Bonchev–Trinajstić information content (AvgIpc) is 2.40. The van der Waals surface area contributed by atoms with Gasteiger partial charge in [0.25, 0.3) is 0 Å². The van der Waals surface area contributed by atoms with Crippen LogP contribution in [-0.4, -0.2) is 17.5 Å². The van der Waals surface area contributed by atoms with Crippen molar-refractivity contribution < 1.29 is 9.90 Å². The molecule has 0 aliphatic rings. The second-order valence-corrected chi connectivity index (χ2v) is 5.68. The van der Waals surface area contributed by atoms with Gasteiger partial charge in [0.15, 0.2) is 0 Å². The molecule has 0 heterocycles. The first-order valence-corrected chi connectivity index (χ1v) is 8.34. The fourth-order valence-corrected chi connectivity index (χ4v) is 2.42. The van der Waals surface area contributed by atoms with Crippen molar-refractivity contribution in [3.05, 3.63) is 0 Å². The predicted octanol–water partition coefficient (Wildman–Crippen LogP) is 4.94. The molecule has 1 radical (unpaired) electrons. The molecule has 113 valence electrons. The van der Waals surface area contributed by atoms with Crippen LogP contribution in [0, 0.1) is 0 Å². The van der Waals surface area contributed by atoms with E-state index in [0.717, 1.165) is 12.8 Å². The van der Waals surface area contributed by atoms with Crippen LogP contribution in [0.4, 0.5) is 0 Å². The van der Waals surface area contributed by atoms with Crippen LogP contribution in [-0.2, 0) is 4.79 Å². The third kappa shape index (κ3) is 15.6. The lowest BCUT2D eigenvalue weighted by Gasteiger charge is -2.06. The van der Waals surface area contributed by atoms with Crippen LogP contribution >= 0.6 is 0 Å². The first kappa shape index (κ1) is 18.6. The lowest BCUT2D eigenvalue weighted by Crippen LogP contribution is -2.06. The highest BCUT2D eigenvalue weighted by Gasteiger charge is 2.02. The van der Waals surface area contributed by atoms with E-state index in [0.29, 0.717) is 0 Å². The Labute approximate surface area is 120 Å². The Morgan fingerprint density at radius 3 is 1.63 bits per heavy atom. The Bertz CT molecular complexity index is 180.